The molecule has 2 N–H and O–H groups in total. The lowest BCUT2D eigenvalue weighted by Crippen LogP contribution is -2.67. The summed E-state index contributed by atoms with van der Waals surface area (Å²) < 4.78 is 45.7. The van der Waals surface area contributed by atoms with E-state index in [1.807, 2.05) is 43.3 Å². The molecule has 2 rings (SSSR count). The maximum atomic E-state index is 12.9. The zero-order chi connectivity index (χ0) is 25.6. The van der Waals surface area contributed by atoms with Crippen LogP contribution in [0, 0.1) is 0 Å². The molecule has 0 bridgehead atoms. The number of carboxylic acid groups (broad SMARTS) is 1. The highest BCUT2D eigenvalue weighted by atomic mass is 28.4. The molecule has 0 amide bonds. The number of allylic oxidation sites excluding steroid dienone is 1. The van der Waals surface area contributed by atoms with Crippen molar-refractivity contribution in [1.29, 1.82) is 0 Å². The normalized spacial score (nSPS) is 15.8. The van der Waals surface area contributed by atoms with E-state index < -0.39 is 32.5 Å². The Bertz CT molecular complexity index is 916. The van der Waals surface area contributed by atoms with Gasteiger partial charge in [-0.1, -0.05) is 93.6 Å². The van der Waals surface area contributed by atoms with Crippen molar-refractivity contribution in [2.75, 3.05) is 0 Å². The molecule has 0 aliphatic heterocycles. The van der Waals surface area contributed by atoms with Crippen LogP contribution in [0.2, 0.25) is 5.04 Å². The van der Waals surface area contributed by atoms with Gasteiger partial charge >= 0.3 is 12.1 Å². The number of hydrogen-bond donors (Lipinski definition) is 2. The quantitative estimate of drug-likeness (QED) is 0.358. The summed E-state index contributed by atoms with van der Waals surface area (Å²) in [5.74, 6) is -2.31. The lowest BCUT2D eigenvalue weighted by atomic mass is 9.98. The molecule has 2 aromatic rings. The number of halogens is 3. The van der Waals surface area contributed by atoms with E-state index >= 15 is 0 Å². The summed E-state index contributed by atoms with van der Waals surface area (Å²) in [7, 11) is -2.74. The zero-order valence-corrected chi connectivity index (χ0v) is 21.0. The van der Waals surface area contributed by atoms with Crippen LogP contribution in [0.5, 0.6) is 0 Å². The number of hydrogen-bond acceptors (Lipinski definition) is 3. The number of aliphatic carboxylic acids is 1. The molecule has 0 saturated heterocycles. The van der Waals surface area contributed by atoms with Gasteiger partial charge in [0.05, 0.1) is 0 Å². The first-order chi connectivity index (χ1) is 15.8. The Kier molecular flexibility index (Phi) is 8.90. The third-order valence-corrected chi connectivity index (χ3v) is 11.1. The summed E-state index contributed by atoms with van der Waals surface area (Å²) in [6.07, 6.45) is -3.08. The van der Waals surface area contributed by atoms with Gasteiger partial charge < -0.3 is 14.6 Å². The van der Waals surface area contributed by atoms with Gasteiger partial charge in [-0.2, -0.15) is 13.2 Å². The summed E-state index contributed by atoms with van der Waals surface area (Å²) in [6.45, 7) is 8.43. The molecule has 2 aromatic carbocycles. The molecule has 0 heterocycles. The number of rotatable bonds is 10. The Hall–Kier alpha value is -2.42. The van der Waals surface area contributed by atoms with Crippen molar-refractivity contribution < 1.29 is 32.6 Å². The van der Waals surface area contributed by atoms with E-state index in [1.165, 1.54) is 6.08 Å². The zero-order valence-electron chi connectivity index (χ0n) is 20.0. The topological polar surface area (TPSA) is 66.8 Å². The van der Waals surface area contributed by atoms with Crippen LogP contribution < -0.4 is 10.4 Å². The largest absolute Gasteiger partial charge is 0.479 e. The van der Waals surface area contributed by atoms with E-state index in [9.17, 15) is 23.1 Å². The number of carbonyl (C=O) groups is 1. The summed E-state index contributed by atoms with van der Waals surface area (Å²) in [4.78, 5) is 10.9. The summed E-state index contributed by atoms with van der Waals surface area (Å²) in [5.41, 5.74) is -3.79. The molecule has 0 saturated carbocycles. The van der Waals surface area contributed by atoms with Crippen LogP contribution in [0.1, 0.15) is 47.0 Å². The number of carboxylic acids is 1. The van der Waals surface area contributed by atoms with Crippen molar-refractivity contribution in [3.8, 4) is 0 Å². The Morgan fingerprint density at radius 3 is 1.82 bits per heavy atom. The second-order valence-corrected chi connectivity index (χ2v) is 13.8. The van der Waals surface area contributed by atoms with Crippen LogP contribution >= 0.6 is 0 Å². The van der Waals surface area contributed by atoms with Gasteiger partial charge in [0.15, 0.2) is 0 Å². The van der Waals surface area contributed by atoms with Gasteiger partial charge in [0, 0.05) is 12.5 Å². The van der Waals surface area contributed by atoms with E-state index in [0.29, 0.717) is 12.8 Å². The van der Waals surface area contributed by atoms with Crippen molar-refractivity contribution >= 4 is 24.7 Å². The van der Waals surface area contributed by atoms with Crippen LogP contribution in [0.3, 0.4) is 0 Å². The van der Waals surface area contributed by atoms with Crippen LogP contribution in [-0.4, -0.2) is 42.4 Å². The maximum absolute atomic E-state index is 12.9. The molecule has 34 heavy (non-hydrogen) atoms. The summed E-state index contributed by atoms with van der Waals surface area (Å²) in [5, 5.41) is 20.4. The fraction of sp³-hybridized carbons (Fsp3) is 0.423. The Morgan fingerprint density at radius 2 is 1.44 bits per heavy atom. The standard InChI is InChI=1S/C26H33F3O4Si/c1-20(14-8-7-13-19-25(32,23(30)31)26(27,28)29)33-34(24(2,3)4,21-15-9-5-10-16-21)22-17-11-6-12-18-22/h5-7,9-13,15-18,20,32H,8,14,19H2,1-4H3,(H,30,31)/b13-7+/t20-,25?/m0/s1. The van der Waals surface area contributed by atoms with Gasteiger partial charge in [0.1, 0.15) is 0 Å². The van der Waals surface area contributed by atoms with Gasteiger partial charge in [0.25, 0.3) is 13.9 Å². The van der Waals surface area contributed by atoms with E-state index in [4.69, 9.17) is 9.53 Å². The molecule has 0 radical (unpaired) electrons. The molecule has 0 aromatic heterocycles. The highest BCUT2D eigenvalue weighted by molar-refractivity contribution is 6.99. The summed E-state index contributed by atoms with van der Waals surface area (Å²) >= 11 is 0. The SMILES string of the molecule is C[C@@H](CC/C=C/CC(O)(C(=O)O)C(F)(F)F)O[Si](c1ccccc1)(c1ccccc1)C(C)(C)C. The Morgan fingerprint density at radius 1 is 0.971 bits per heavy atom. The first-order valence-corrected chi connectivity index (χ1v) is 13.1. The first-order valence-electron chi connectivity index (χ1n) is 11.2. The van der Waals surface area contributed by atoms with Crippen LogP contribution in [-0.2, 0) is 9.22 Å². The number of alkyl halides is 3. The van der Waals surface area contributed by atoms with Crippen molar-refractivity contribution in [2.24, 2.45) is 0 Å². The minimum atomic E-state index is -5.26. The first kappa shape index (κ1) is 27.8. The lowest BCUT2D eigenvalue weighted by molar-refractivity contribution is -0.258. The summed E-state index contributed by atoms with van der Waals surface area (Å²) in [6, 6.07) is 20.2. The van der Waals surface area contributed by atoms with Gasteiger partial charge in [-0.05, 0) is 35.2 Å². The molecule has 0 aliphatic carbocycles. The monoisotopic (exact) mass is 494 g/mol. The molecule has 1 unspecified atom stereocenters. The van der Waals surface area contributed by atoms with E-state index in [-0.39, 0.29) is 11.1 Å². The van der Waals surface area contributed by atoms with Crippen molar-refractivity contribution in [3.63, 3.8) is 0 Å². The fourth-order valence-corrected chi connectivity index (χ4v) is 8.82. The van der Waals surface area contributed by atoms with Gasteiger partial charge in [0.2, 0.25) is 0 Å². The minimum Gasteiger partial charge on any atom is -0.479 e. The van der Waals surface area contributed by atoms with Crippen LogP contribution in [0.25, 0.3) is 0 Å². The maximum Gasteiger partial charge on any atom is 0.428 e. The fourth-order valence-electron chi connectivity index (χ4n) is 4.08. The molecule has 0 spiro atoms. The van der Waals surface area contributed by atoms with Crippen molar-refractivity contribution in [3.05, 3.63) is 72.8 Å². The van der Waals surface area contributed by atoms with E-state index in [1.54, 1.807) is 0 Å². The average molecular weight is 495 g/mol. The van der Waals surface area contributed by atoms with Crippen molar-refractivity contribution in [1.82, 2.24) is 0 Å². The highest BCUT2D eigenvalue weighted by Crippen LogP contribution is 2.38. The molecule has 8 heteroatoms. The molecule has 2 atom stereocenters. The van der Waals surface area contributed by atoms with Crippen molar-refractivity contribution in [2.45, 2.75) is 69.9 Å². The second-order valence-electron chi connectivity index (χ2n) is 9.51. The Balaban J connectivity index is 2.22. The number of benzene rings is 2. The molecular weight excluding hydrogens is 461 g/mol. The third kappa shape index (κ3) is 5.98. The van der Waals surface area contributed by atoms with E-state index in [0.717, 1.165) is 16.4 Å². The van der Waals surface area contributed by atoms with Gasteiger partial charge in [-0.25, -0.2) is 4.79 Å². The predicted molar refractivity (Wildman–Crippen MR) is 130 cm³/mol. The minimum absolute atomic E-state index is 0.204. The molecule has 186 valence electrons. The number of aliphatic hydroxyl groups is 1. The van der Waals surface area contributed by atoms with Crippen LogP contribution in [0.4, 0.5) is 13.2 Å². The molecule has 0 aliphatic rings. The third-order valence-electron chi connectivity index (χ3n) is 5.94. The average Bonchev–Trinajstić information content (AvgIpc) is 2.76. The van der Waals surface area contributed by atoms with Gasteiger partial charge in [-0.3, -0.25) is 0 Å². The highest BCUT2D eigenvalue weighted by Gasteiger charge is 2.59. The lowest BCUT2D eigenvalue weighted by Gasteiger charge is -2.44. The van der Waals surface area contributed by atoms with E-state index in [2.05, 4.69) is 45.0 Å². The Labute approximate surface area is 200 Å². The molecule has 0 fully saturated rings. The predicted octanol–water partition coefficient (Wildman–Crippen LogP) is 5.06. The second kappa shape index (κ2) is 10.9. The van der Waals surface area contributed by atoms with Crippen LogP contribution in [0.15, 0.2) is 72.8 Å². The van der Waals surface area contributed by atoms with Gasteiger partial charge in [-0.15, -0.1) is 0 Å². The molecule has 4 nitrogen and oxygen atoms in total. The smallest absolute Gasteiger partial charge is 0.428 e. The molecular formula is C26H33F3O4Si.